The Morgan fingerprint density at radius 1 is 1.53 bits per heavy atom. The van der Waals surface area contributed by atoms with Crippen molar-refractivity contribution >= 4 is 17.5 Å². The van der Waals surface area contributed by atoms with Crippen LogP contribution in [-0.4, -0.2) is 22.9 Å². The van der Waals surface area contributed by atoms with E-state index in [0.29, 0.717) is 6.54 Å². The zero-order valence-electron chi connectivity index (χ0n) is 9.95. The Hall–Kier alpha value is -1.22. The fourth-order valence-electron chi connectivity index (χ4n) is 1.49. The molecule has 0 saturated heterocycles. The molecule has 1 aromatic rings. The highest BCUT2D eigenvalue weighted by atomic mass is 35.5. The predicted molar refractivity (Wildman–Crippen MR) is 69.4 cm³/mol. The number of carbonyl (C=O) groups excluding carboxylic acids is 1. The molecule has 94 valence electrons. The maximum Gasteiger partial charge on any atom is 0.224 e. The molecule has 1 amide bonds. The van der Waals surface area contributed by atoms with Gasteiger partial charge in [0.1, 0.15) is 5.75 Å². The Morgan fingerprint density at radius 2 is 2.29 bits per heavy atom. The highest BCUT2D eigenvalue weighted by molar-refractivity contribution is 6.20. The number of amides is 1. The van der Waals surface area contributed by atoms with Crippen molar-refractivity contribution in [2.45, 2.75) is 31.6 Å². The molecule has 0 heterocycles. The van der Waals surface area contributed by atoms with Crippen LogP contribution in [0.25, 0.3) is 0 Å². The lowest BCUT2D eigenvalue weighted by Crippen LogP contribution is -2.27. The standard InChI is InChI=1S/C13H18ClNO2/c1-2-11(14)6-7-15-13(17)9-10-4-3-5-12(16)8-10/h3-5,8,11,16H,2,6-7,9H2,1H3,(H,15,17). The number of halogens is 1. The molecule has 0 radical (unpaired) electrons. The Morgan fingerprint density at radius 3 is 2.94 bits per heavy atom. The number of hydrogen-bond donors (Lipinski definition) is 2. The van der Waals surface area contributed by atoms with Crippen LogP contribution in [0.4, 0.5) is 0 Å². The maximum atomic E-state index is 11.6. The van der Waals surface area contributed by atoms with E-state index in [-0.39, 0.29) is 23.5 Å². The smallest absolute Gasteiger partial charge is 0.224 e. The van der Waals surface area contributed by atoms with Crippen LogP contribution in [0.1, 0.15) is 25.3 Å². The minimum atomic E-state index is -0.0458. The number of carbonyl (C=O) groups is 1. The first-order chi connectivity index (χ1) is 8.11. The van der Waals surface area contributed by atoms with Crippen molar-refractivity contribution in [1.29, 1.82) is 0 Å². The van der Waals surface area contributed by atoms with Crippen LogP contribution < -0.4 is 5.32 Å². The number of alkyl halides is 1. The summed E-state index contributed by atoms with van der Waals surface area (Å²) in [5.41, 5.74) is 0.806. The number of phenols is 1. The molecule has 3 nitrogen and oxygen atoms in total. The lowest BCUT2D eigenvalue weighted by atomic mass is 10.1. The van der Waals surface area contributed by atoms with E-state index in [1.54, 1.807) is 18.2 Å². The number of aromatic hydroxyl groups is 1. The Balaban J connectivity index is 2.30. The molecule has 0 aliphatic carbocycles. The molecule has 17 heavy (non-hydrogen) atoms. The van der Waals surface area contributed by atoms with Gasteiger partial charge < -0.3 is 10.4 Å². The van der Waals surface area contributed by atoms with E-state index in [1.807, 2.05) is 13.0 Å². The first-order valence-electron chi connectivity index (χ1n) is 5.80. The average Bonchev–Trinajstić information content (AvgIpc) is 2.28. The molecule has 1 unspecified atom stereocenters. The summed E-state index contributed by atoms with van der Waals surface area (Å²) in [5, 5.41) is 12.2. The fraction of sp³-hybridized carbons (Fsp3) is 0.462. The second kappa shape index (κ2) is 7.17. The summed E-state index contributed by atoms with van der Waals surface area (Å²) < 4.78 is 0. The normalized spacial score (nSPS) is 12.1. The van der Waals surface area contributed by atoms with Crippen LogP contribution in [0.15, 0.2) is 24.3 Å². The summed E-state index contributed by atoms with van der Waals surface area (Å²) in [6.07, 6.45) is 1.97. The first-order valence-corrected chi connectivity index (χ1v) is 6.24. The number of rotatable bonds is 6. The average molecular weight is 256 g/mol. The Labute approximate surface area is 107 Å². The van der Waals surface area contributed by atoms with Crippen LogP contribution in [0.5, 0.6) is 5.75 Å². The minimum Gasteiger partial charge on any atom is -0.508 e. The van der Waals surface area contributed by atoms with Gasteiger partial charge in [-0.1, -0.05) is 19.1 Å². The van der Waals surface area contributed by atoms with E-state index in [9.17, 15) is 9.90 Å². The molecule has 0 bridgehead atoms. The van der Waals surface area contributed by atoms with E-state index >= 15 is 0 Å². The van der Waals surface area contributed by atoms with E-state index in [2.05, 4.69) is 5.32 Å². The molecule has 0 fully saturated rings. The molecule has 1 atom stereocenters. The lowest BCUT2D eigenvalue weighted by Gasteiger charge is -2.08. The largest absolute Gasteiger partial charge is 0.508 e. The number of phenolic OH excluding ortho intramolecular Hbond substituents is 1. The van der Waals surface area contributed by atoms with Gasteiger partial charge in [-0.15, -0.1) is 11.6 Å². The zero-order chi connectivity index (χ0) is 12.7. The molecule has 1 aromatic carbocycles. The van der Waals surface area contributed by atoms with Crippen molar-refractivity contribution in [3.05, 3.63) is 29.8 Å². The predicted octanol–water partition coefficient (Wildman–Crippen LogP) is 2.46. The van der Waals surface area contributed by atoms with Crippen LogP contribution in [0.3, 0.4) is 0 Å². The van der Waals surface area contributed by atoms with Crippen molar-refractivity contribution < 1.29 is 9.90 Å². The van der Waals surface area contributed by atoms with Gasteiger partial charge in [-0.2, -0.15) is 0 Å². The van der Waals surface area contributed by atoms with Gasteiger partial charge in [0.25, 0.3) is 0 Å². The van der Waals surface area contributed by atoms with Gasteiger partial charge in [-0.3, -0.25) is 4.79 Å². The molecule has 1 rings (SSSR count). The van der Waals surface area contributed by atoms with Crippen molar-refractivity contribution in [3.63, 3.8) is 0 Å². The summed E-state index contributed by atoms with van der Waals surface area (Å²) in [7, 11) is 0. The number of benzene rings is 1. The zero-order valence-corrected chi connectivity index (χ0v) is 10.7. The third kappa shape index (κ3) is 5.59. The molecule has 2 N–H and O–H groups in total. The van der Waals surface area contributed by atoms with Gasteiger partial charge in [0.15, 0.2) is 0 Å². The maximum absolute atomic E-state index is 11.6. The first kappa shape index (κ1) is 13.8. The summed E-state index contributed by atoms with van der Waals surface area (Å²) >= 11 is 5.95. The molecule has 0 aliphatic rings. The molecule has 0 aromatic heterocycles. The van der Waals surface area contributed by atoms with Gasteiger partial charge in [-0.25, -0.2) is 0 Å². The summed E-state index contributed by atoms with van der Waals surface area (Å²) in [6.45, 7) is 2.62. The van der Waals surface area contributed by atoms with Crippen LogP contribution in [0.2, 0.25) is 0 Å². The third-order valence-corrected chi connectivity index (χ3v) is 3.02. The van der Waals surface area contributed by atoms with Crippen molar-refractivity contribution in [1.82, 2.24) is 5.32 Å². The van der Waals surface area contributed by atoms with Crippen LogP contribution >= 0.6 is 11.6 Å². The van der Waals surface area contributed by atoms with E-state index in [0.717, 1.165) is 18.4 Å². The summed E-state index contributed by atoms with van der Waals surface area (Å²) in [6, 6.07) is 6.72. The Bertz CT molecular complexity index is 368. The van der Waals surface area contributed by atoms with Gasteiger partial charge in [0.05, 0.1) is 6.42 Å². The summed E-state index contributed by atoms with van der Waals surface area (Å²) in [4.78, 5) is 11.6. The lowest BCUT2D eigenvalue weighted by molar-refractivity contribution is -0.120. The molecule has 0 aliphatic heterocycles. The fourth-order valence-corrected chi connectivity index (χ4v) is 1.60. The van der Waals surface area contributed by atoms with Crippen molar-refractivity contribution in [2.24, 2.45) is 0 Å². The highest BCUT2D eigenvalue weighted by Crippen LogP contribution is 2.11. The molecule has 4 heteroatoms. The summed E-state index contributed by atoms with van der Waals surface area (Å²) in [5.74, 6) is 0.137. The third-order valence-electron chi connectivity index (χ3n) is 2.50. The van der Waals surface area contributed by atoms with E-state index < -0.39 is 0 Å². The van der Waals surface area contributed by atoms with Gasteiger partial charge in [0.2, 0.25) is 5.91 Å². The van der Waals surface area contributed by atoms with Gasteiger partial charge in [-0.05, 0) is 30.5 Å². The second-order valence-electron chi connectivity index (χ2n) is 3.99. The molecular formula is C13H18ClNO2. The molecule has 0 spiro atoms. The molecule has 0 saturated carbocycles. The Kier molecular flexibility index (Phi) is 5.84. The van der Waals surface area contributed by atoms with Crippen LogP contribution in [-0.2, 0) is 11.2 Å². The van der Waals surface area contributed by atoms with Crippen molar-refractivity contribution in [2.75, 3.05) is 6.54 Å². The second-order valence-corrected chi connectivity index (χ2v) is 4.61. The van der Waals surface area contributed by atoms with E-state index in [4.69, 9.17) is 11.6 Å². The monoisotopic (exact) mass is 255 g/mol. The van der Waals surface area contributed by atoms with Gasteiger partial charge in [0, 0.05) is 11.9 Å². The van der Waals surface area contributed by atoms with Gasteiger partial charge >= 0.3 is 0 Å². The molecular weight excluding hydrogens is 238 g/mol. The topological polar surface area (TPSA) is 49.3 Å². The number of nitrogens with one attached hydrogen (secondary N) is 1. The van der Waals surface area contributed by atoms with Crippen molar-refractivity contribution in [3.8, 4) is 5.75 Å². The minimum absolute atomic E-state index is 0.0458. The highest BCUT2D eigenvalue weighted by Gasteiger charge is 2.05. The number of hydrogen-bond acceptors (Lipinski definition) is 2. The van der Waals surface area contributed by atoms with E-state index in [1.165, 1.54) is 0 Å². The SMILES string of the molecule is CCC(Cl)CCNC(=O)Cc1cccc(O)c1. The van der Waals surface area contributed by atoms with Crippen LogP contribution in [0, 0.1) is 0 Å². The quantitative estimate of drug-likeness (QED) is 0.768.